The van der Waals surface area contributed by atoms with Gasteiger partial charge in [-0.15, -0.1) is 0 Å². The number of halogens is 2. The summed E-state index contributed by atoms with van der Waals surface area (Å²) in [4.78, 5) is 26.9. The Kier molecular flexibility index (Phi) is 8.34. The highest BCUT2D eigenvalue weighted by Gasteiger charge is 2.30. The Bertz CT molecular complexity index is 1080. The molecule has 10 heteroatoms. The lowest BCUT2D eigenvalue weighted by Gasteiger charge is -2.31. The van der Waals surface area contributed by atoms with Crippen molar-refractivity contribution >= 4 is 50.7 Å². The third kappa shape index (κ3) is 6.35. The van der Waals surface area contributed by atoms with E-state index in [1.54, 1.807) is 50.2 Å². The fourth-order valence-corrected chi connectivity index (χ4v) is 4.31. The number of hydrogen-bond donors (Lipinski definition) is 1. The van der Waals surface area contributed by atoms with Gasteiger partial charge < -0.3 is 10.2 Å². The number of sulfonamides is 1. The molecule has 0 aliphatic rings. The average Bonchev–Trinajstić information content (AvgIpc) is 2.71. The van der Waals surface area contributed by atoms with E-state index in [9.17, 15) is 18.0 Å². The second kappa shape index (κ2) is 10.3. The van der Waals surface area contributed by atoms with Gasteiger partial charge in [-0.05, 0) is 43.2 Å². The van der Waals surface area contributed by atoms with Crippen LogP contribution in [0.4, 0.5) is 5.69 Å². The van der Waals surface area contributed by atoms with Crippen molar-refractivity contribution in [3.05, 3.63) is 63.6 Å². The fraction of sp³-hybridized carbons (Fsp3) is 0.333. The Morgan fingerprint density at radius 2 is 1.77 bits per heavy atom. The lowest BCUT2D eigenvalue weighted by molar-refractivity contribution is -0.139. The van der Waals surface area contributed by atoms with Gasteiger partial charge in [-0.1, -0.05) is 47.5 Å². The molecule has 1 atom stereocenters. The van der Waals surface area contributed by atoms with Gasteiger partial charge in [0.05, 0.1) is 11.9 Å². The molecule has 0 fully saturated rings. The zero-order chi connectivity index (χ0) is 23.3. The van der Waals surface area contributed by atoms with E-state index in [1.165, 1.54) is 18.0 Å². The van der Waals surface area contributed by atoms with Crippen molar-refractivity contribution < 1.29 is 18.0 Å². The highest BCUT2D eigenvalue weighted by Crippen LogP contribution is 2.27. The molecule has 0 saturated heterocycles. The topological polar surface area (TPSA) is 86.8 Å². The van der Waals surface area contributed by atoms with E-state index in [1.807, 2.05) is 0 Å². The van der Waals surface area contributed by atoms with E-state index in [0.717, 1.165) is 10.6 Å². The van der Waals surface area contributed by atoms with Gasteiger partial charge in [0.2, 0.25) is 21.8 Å². The molecular formula is C21H25Cl2N3O4S. The van der Waals surface area contributed by atoms with Gasteiger partial charge in [0.25, 0.3) is 0 Å². The normalized spacial score (nSPS) is 12.2. The third-order valence-corrected chi connectivity index (χ3v) is 6.56. The molecule has 1 N–H and O–H groups in total. The van der Waals surface area contributed by atoms with Crippen molar-refractivity contribution in [2.75, 3.05) is 24.2 Å². The molecule has 0 saturated carbocycles. The lowest BCUT2D eigenvalue weighted by Crippen LogP contribution is -2.50. The minimum absolute atomic E-state index is 0.0409. The van der Waals surface area contributed by atoms with Crippen LogP contribution in [0.5, 0.6) is 0 Å². The van der Waals surface area contributed by atoms with Gasteiger partial charge >= 0.3 is 0 Å². The predicted molar refractivity (Wildman–Crippen MR) is 124 cm³/mol. The number of nitrogens with one attached hydrogen (secondary N) is 1. The first-order chi connectivity index (χ1) is 14.5. The van der Waals surface area contributed by atoms with E-state index in [0.29, 0.717) is 26.9 Å². The van der Waals surface area contributed by atoms with E-state index in [4.69, 9.17) is 23.2 Å². The highest BCUT2D eigenvalue weighted by molar-refractivity contribution is 7.92. The minimum atomic E-state index is -3.82. The molecule has 2 aromatic rings. The van der Waals surface area contributed by atoms with Crippen molar-refractivity contribution in [3.8, 4) is 0 Å². The van der Waals surface area contributed by atoms with Crippen LogP contribution in [-0.2, 0) is 26.2 Å². The second-order valence-electron chi connectivity index (χ2n) is 7.10. The molecule has 0 aliphatic carbocycles. The Balaban J connectivity index is 2.45. The van der Waals surface area contributed by atoms with Crippen molar-refractivity contribution in [1.82, 2.24) is 10.2 Å². The van der Waals surface area contributed by atoms with Gasteiger partial charge in [0.15, 0.2) is 0 Å². The molecular weight excluding hydrogens is 461 g/mol. The summed E-state index contributed by atoms with van der Waals surface area (Å²) < 4.78 is 26.1. The summed E-state index contributed by atoms with van der Waals surface area (Å²) in [6, 6.07) is 10.9. The SMILES string of the molecule is CNC(=O)[C@@H](C)N(Cc1ccccc1Cl)C(=O)CN(c1cc(Cl)ccc1C)S(C)(=O)=O. The maximum Gasteiger partial charge on any atom is 0.244 e. The smallest absolute Gasteiger partial charge is 0.244 e. The summed E-state index contributed by atoms with van der Waals surface area (Å²) in [6.07, 6.45) is 1.02. The van der Waals surface area contributed by atoms with Gasteiger partial charge in [0.1, 0.15) is 12.6 Å². The molecule has 0 spiro atoms. The number of aryl methyl sites for hydroxylation is 1. The van der Waals surface area contributed by atoms with Crippen LogP contribution in [0.25, 0.3) is 0 Å². The van der Waals surface area contributed by atoms with E-state index in [2.05, 4.69) is 5.32 Å². The van der Waals surface area contributed by atoms with Crippen LogP contribution in [0.15, 0.2) is 42.5 Å². The summed E-state index contributed by atoms with van der Waals surface area (Å²) in [7, 11) is -2.35. The molecule has 2 rings (SSSR count). The number of anilines is 1. The fourth-order valence-electron chi connectivity index (χ4n) is 3.05. The van der Waals surface area contributed by atoms with E-state index >= 15 is 0 Å². The zero-order valence-corrected chi connectivity index (χ0v) is 20.1. The predicted octanol–water partition coefficient (Wildman–Crippen LogP) is 3.23. The number of rotatable bonds is 8. The average molecular weight is 486 g/mol. The summed E-state index contributed by atoms with van der Waals surface area (Å²) in [5.41, 5.74) is 1.58. The Labute approximate surface area is 193 Å². The van der Waals surface area contributed by atoms with Gasteiger partial charge in [-0.3, -0.25) is 13.9 Å². The Hall–Kier alpha value is -2.29. The molecule has 0 unspecified atom stereocenters. The zero-order valence-electron chi connectivity index (χ0n) is 17.7. The highest BCUT2D eigenvalue weighted by atomic mass is 35.5. The molecule has 168 valence electrons. The Morgan fingerprint density at radius 1 is 1.13 bits per heavy atom. The summed E-state index contributed by atoms with van der Waals surface area (Å²) in [5.74, 6) is -0.939. The first-order valence-corrected chi connectivity index (χ1v) is 12.0. The third-order valence-electron chi connectivity index (χ3n) is 4.83. The molecule has 2 amide bonds. The van der Waals surface area contributed by atoms with E-state index in [-0.39, 0.29) is 12.5 Å². The molecule has 31 heavy (non-hydrogen) atoms. The summed E-state index contributed by atoms with van der Waals surface area (Å²) >= 11 is 12.3. The van der Waals surface area contributed by atoms with Crippen molar-refractivity contribution in [2.45, 2.75) is 26.4 Å². The molecule has 0 aliphatic heterocycles. The lowest BCUT2D eigenvalue weighted by atomic mass is 10.1. The van der Waals surface area contributed by atoms with Crippen molar-refractivity contribution in [1.29, 1.82) is 0 Å². The second-order valence-corrected chi connectivity index (χ2v) is 9.85. The number of hydrogen-bond acceptors (Lipinski definition) is 4. The van der Waals surface area contributed by atoms with Crippen LogP contribution in [0.1, 0.15) is 18.1 Å². The number of carbonyl (C=O) groups excluding carboxylic acids is 2. The molecule has 0 aromatic heterocycles. The van der Waals surface area contributed by atoms with Gasteiger partial charge in [-0.2, -0.15) is 0 Å². The summed E-state index contributed by atoms with van der Waals surface area (Å²) in [6.45, 7) is 2.84. The molecule has 0 radical (unpaired) electrons. The Morgan fingerprint density at radius 3 is 2.35 bits per heavy atom. The number of carbonyl (C=O) groups is 2. The van der Waals surface area contributed by atoms with Crippen molar-refractivity contribution in [2.24, 2.45) is 0 Å². The molecule has 2 aromatic carbocycles. The van der Waals surface area contributed by atoms with Crippen molar-refractivity contribution in [3.63, 3.8) is 0 Å². The van der Waals surface area contributed by atoms with Crippen LogP contribution in [-0.4, -0.2) is 51.0 Å². The van der Waals surface area contributed by atoms with Crippen LogP contribution in [0.3, 0.4) is 0 Å². The van der Waals surface area contributed by atoms with Gasteiger partial charge in [0, 0.05) is 23.6 Å². The van der Waals surface area contributed by atoms with Gasteiger partial charge in [-0.25, -0.2) is 8.42 Å². The molecule has 0 heterocycles. The number of nitrogens with zero attached hydrogens (tertiary/aromatic N) is 2. The first kappa shape index (κ1) is 25.0. The number of benzene rings is 2. The monoisotopic (exact) mass is 485 g/mol. The maximum atomic E-state index is 13.3. The first-order valence-electron chi connectivity index (χ1n) is 9.44. The summed E-state index contributed by atoms with van der Waals surface area (Å²) in [5, 5.41) is 3.30. The van der Waals surface area contributed by atoms with Crippen LogP contribution in [0.2, 0.25) is 10.0 Å². The molecule has 0 bridgehead atoms. The van der Waals surface area contributed by atoms with Crippen LogP contribution in [0, 0.1) is 6.92 Å². The largest absolute Gasteiger partial charge is 0.357 e. The number of amides is 2. The standard InChI is InChI=1S/C21H25Cl2N3O4S/c1-14-9-10-17(22)11-19(14)26(31(4,29)30)13-20(27)25(15(2)21(28)24-3)12-16-7-5-6-8-18(16)23/h5-11,15H,12-13H2,1-4H3,(H,24,28)/t15-/m1/s1. The number of likely N-dealkylation sites (N-methyl/N-ethyl adjacent to an activating group) is 1. The maximum absolute atomic E-state index is 13.3. The van der Waals surface area contributed by atoms with Crippen LogP contribution >= 0.6 is 23.2 Å². The minimum Gasteiger partial charge on any atom is -0.357 e. The van der Waals surface area contributed by atoms with E-state index < -0.39 is 28.5 Å². The quantitative estimate of drug-likeness (QED) is 0.621. The van der Waals surface area contributed by atoms with Crippen LogP contribution < -0.4 is 9.62 Å². The molecule has 7 nitrogen and oxygen atoms in total.